The van der Waals surface area contributed by atoms with Gasteiger partial charge in [0.05, 0.1) is 0 Å². The summed E-state index contributed by atoms with van der Waals surface area (Å²) < 4.78 is 0. The van der Waals surface area contributed by atoms with E-state index < -0.39 is 0 Å². The summed E-state index contributed by atoms with van der Waals surface area (Å²) in [6.07, 6.45) is 7.67. The average Bonchev–Trinajstić information content (AvgIpc) is 2.02. The van der Waals surface area contributed by atoms with Gasteiger partial charge < -0.3 is 5.73 Å². The maximum absolute atomic E-state index is 5.97. The van der Waals surface area contributed by atoms with E-state index >= 15 is 0 Å². The van der Waals surface area contributed by atoms with Gasteiger partial charge in [-0.05, 0) is 31.1 Å². The fourth-order valence-electron chi connectivity index (χ4n) is 2.17. The van der Waals surface area contributed by atoms with E-state index in [4.69, 9.17) is 5.73 Å². The molecular formula is C13H29N. The highest BCUT2D eigenvalue weighted by Crippen LogP contribution is 2.18. The highest BCUT2D eigenvalue weighted by atomic mass is 14.6. The Bertz CT molecular complexity index is 120. The number of nitrogens with two attached hydrogens (primary N) is 1. The van der Waals surface area contributed by atoms with Gasteiger partial charge in [-0.3, -0.25) is 0 Å². The third-order valence-electron chi connectivity index (χ3n) is 2.81. The maximum atomic E-state index is 5.97. The van der Waals surface area contributed by atoms with Crippen LogP contribution in [-0.2, 0) is 0 Å². The number of hydrogen-bond acceptors (Lipinski definition) is 1. The van der Waals surface area contributed by atoms with Crippen LogP contribution < -0.4 is 5.73 Å². The monoisotopic (exact) mass is 199 g/mol. The van der Waals surface area contributed by atoms with E-state index in [1.165, 1.54) is 38.5 Å². The second-order valence-corrected chi connectivity index (χ2v) is 5.21. The summed E-state index contributed by atoms with van der Waals surface area (Å²) in [5.41, 5.74) is 5.97. The minimum atomic E-state index is 0.450. The second kappa shape index (κ2) is 8.28. The molecule has 0 radical (unpaired) electrons. The van der Waals surface area contributed by atoms with E-state index in [1.807, 2.05) is 0 Å². The van der Waals surface area contributed by atoms with E-state index in [9.17, 15) is 0 Å². The molecule has 0 spiro atoms. The molecular weight excluding hydrogens is 170 g/mol. The van der Waals surface area contributed by atoms with Gasteiger partial charge in [0.25, 0.3) is 0 Å². The topological polar surface area (TPSA) is 26.0 Å². The largest absolute Gasteiger partial charge is 0.328 e. The van der Waals surface area contributed by atoms with E-state index in [2.05, 4.69) is 27.7 Å². The van der Waals surface area contributed by atoms with Crippen LogP contribution in [0.3, 0.4) is 0 Å². The summed E-state index contributed by atoms with van der Waals surface area (Å²) in [7, 11) is 0. The zero-order valence-corrected chi connectivity index (χ0v) is 10.6. The molecule has 2 atom stereocenters. The Balaban J connectivity index is 3.34. The van der Waals surface area contributed by atoms with Gasteiger partial charge in [0.15, 0.2) is 0 Å². The Morgan fingerprint density at radius 2 is 1.64 bits per heavy atom. The van der Waals surface area contributed by atoms with Crippen molar-refractivity contribution in [2.75, 3.05) is 0 Å². The van der Waals surface area contributed by atoms with Gasteiger partial charge in [-0.1, -0.05) is 47.0 Å². The highest BCUT2D eigenvalue weighted by molar-refractivity contribution is 4.63. The van der Waals surface area contributed by atoms with Gasteiger partial charge in [0.1, 0.15) is 0 Å². The molecule has 14 heavy (non-hydrogen) atoms. The Morgan fingerprint density at radius 3 is 2.14 bits per heavy atom. The number of hydrogen-bond donors (Lipinski definition) is 1. The predicted octanol–water partition coefficient (Wildman–Crippen LogP) is 3.97. The van der Waals surface area contributed by atoms with Crippen molar-refractivity contribution < 1.29 is 0 Å². The zero-order valence-electron chi connectivity index (χ0n) is 10.6. The third-order valence-corrected chi connectivity index (χ3v) is 2.81. The second-order valence-electron chi connectivity index (χ2n) is 5.21. The lowest BCUT2D eigenvalue weighted by atomic mass is 9.93. The summed E-state index contributed by atoms with van der Waals surface area (Å²) >= 11 is 0. The molecule has 1 heteroatoms. The van der Waals surface area contributed by atoms with Crippen LogP contribution >= 0.6 is 0 Å². The van der Waals surface area contributed by atoms with Crippen LogP contribution in [0.2, 0.25) is 0 Å². The van der Waals surface area contributed by atoms with Crippen molar-refractivity contribution in [1.82, 2.24) is 0 Å². The Kier molecular flexibility index (Phi) is 8.26. The van der Waals surface area contributed by atoms with Crippen LogP contribution in [0.4, 0.5) is 0 Å². The minimum absolute atomic E-state index is 0.450. The molecule has 0 fully saturated rings. The minimum Gasteiger partial charge on any atom is -0.328 e. The van der Waals surface area contributed by atoms with Crippen LogP contribution in [0.5, 0.6) is 0 Å². The quantitative estimate of drug-likeness (QED) is 0.629. The molecule has 0 aliphatic carbocycles. The molecule has 0 aliphatic rings. The smallest absolute Gasteiger partial charge is 0.00387 e. The SMILES string of the molecule is CCCC(N)CCCC(C)CC(C)C. The Labute approximate surface area is 90.5 Å². The molecule has 0 amide bonds. The van der Waals surface area contributed by atoms with Crippen molar-refractivity contribution >= 4 is 0 Å². The van der Waals surface area contributed by atoms with E-state index in [0.29, 0.717) is 6.04 Å². The lowest BCUT2D eigenvalue weighted by Gasteiger charge is -2.15. The van der Waals surface area contributed by atoms with Gasteiger partial charge in [-0.15, -0.1) is 0 Å². The van der Waals surface area contributed by atoms with Gasteiger partial charge in [-0.2, -0.15) is 0 Å². The van der Waals surface area contributed by atoms with Gasteiger partial charge in [0, 0.05) is 6.04 Å². The summed E-state index contributed by atoms with van der Waals surface area (Å²) in [4.78, 5) is 0. The first-order chi connectivity index (χ1) is 6.56. The van der Waals surface area contributed by atoms with Crippen molar-refractivity contribution in [3.05, 3.63) is 0 Å². The zero-order chi connectivity index (χ0) is 11.0. The fraction of sp³-hybridized carbons (Fsp3) is 1.00. The van der Waals surface area contributed by atoms with Crippen LogP contribution in [0.15, 0.2) is 0 Å². The molecule has 0 aliphatic heterocycles. The molecule has 0 rings (SSSR count). The standard InChI is InChI=1S/C13H29N/c1-5-7-13(14)9-6-8-12(4)10-11(2)3/h11-13H,5-10,14H2,1-4H3. The highest BCUT2D eigenvalue weighted by Gasteiger charge is 2.06. The molecule has 0 heterocycles. The molecule has 0 bridgehead atoms. The van der Waals surface area contributed by atoms with E-state index in [1.54, 1.807) is 0 Å². The predicted molar refractivity (Wildman–Crippen MR) is 65.4 cm³/mol. The van der Waals surface area contributed by atoms with Crippen molar-refractivity contribution in [2.24, 2.45) is 17.6 Å². The van der Waals surface area contributed by atoms with Crippen LogP contribution in [0.1, 0.15) is 66.2 Å². The summed E-state index contributed by atoms with van der Waals surface area (Å²) in [6.45, 7) is 9.19. The Hall–Kier alpha value is -0.0400. The lowest BCUT2D eigenvalue weighted by molar-refractivity contribution is 0.390. The van der Waals surface area contributed by atoms with Crippen molar-refractivity contribution in [1.29, 1.82) is 0 Å². The van der Waals surface area contributed by atoms with Crippen molar-refractivity contribution in [3.8, 4) is 0 Å². The summed E-state index contributed by atoms with van der Waals surface area (Å²) in [5.74, 6) is 1.72. The summed E-state index contributed by atoms with van der Waals surface area (Å²) in [6, 6.07) is 0.450. The van der Waals surface area contributed by atoms with Gasteiger partial charge in [0.2, 0.25) is 0 Å². The van der Waals surface area contributed by atoms with E-state index in [-0.39, 0.29) is 0 Å². The first kappa shape index (κ1) is 14.0. The number of rotatable bonds is 8. The molecule has 1 nitrogen and oxygen atoms in total. The summed E-state index contributed by atoms with van der Waals surface area (Å²) in [5, 5.41) is 0. The van der Waals surface area contributed by atoms with Crippen molar-refractivity contribution in [3.63, 3.8) is 0 Å². The Morgan fingerprint density at radius 1 is 1.00 bits per heavy atom. The molecule has 0 saturated carbocycles. The fourth-order valence-corrected chi connectivity index (χ4v) is 2.17. The molecule has 0 aromatic rings. The first-order valence-corrected chi connectivity index (χ1v) is 6.31. The van der Waals surface area contributed by atoms with Crippen LogP contribution in [-0.4, -0.2) is 6.04 Å². The molecule has 2 unspecified atom stereocenters. The molecule has 0 aromatic heterocycles. The van der Waals surface area contributed by atoms with Gasteiger partial charge in [-0.25, -0.2) is 0 Å². The average molecular weight is 199 g/mol. The van der Waals surface area contributed by atoms with E-state index in [0.717, 1.165) is 11.8 Å². The molecule has 86 valence electrons. The van der Waals surface area contributed by atoms with Crippen molar-refractivity contribution in [2.45, 2.75) is 72.3 Å². The normalized spacial score (nSPS) is 15.9. The first-order valence-electron chi connectivity index (χ1n) is 6.31. The van der Waals surface area contributed by atoms with Gasteiger partial charge >= 0.3 is 0 Å². The third kappa shape index (κ3) is 8.55. The molecule has 0 aromatic carbocycles. The molecule has 2 N–H and O–H groups in total. The van der Waals surface area contributed by atoms with Crippen LogP contribution in [0.25, 0.3) is 0 Å². The van der Waals surface area contributed by atoms with Crippen LogP contribution in [0, 0.1) is 11.8 Å². The molecule has 0 saturated heterocycles. The maximum Gasteiger partial charge on any atom is 0.00387 e. The lowest BCUT2D eigenvalue weighted by Crippen LogP contribution is -2.19.